The van der Waals surface area contributed by atoms with Crippen molar-refractivity contribution in [2.24, 2.45) is 0 Å². The predicted molar refractivity (Wildman–Crippen MR) is 156 cm³/mol. The Kier molecular flexibility index (Phi) is 6.40. The Morgan fingerprint density at radius 2 is 1.32 bits per heavy atom. The molecule has 6 rings (SSSR count). The van der Waals surface area contributed by atoms with E-state index in [1.165, 1.54) is 21.7 Å². The van der Waals surface area contributed by atoms with Gasteiger partial charge in [-0.05, 0) is 40.8 Å². The van der Waals surface area contributed by atoms with E-state index < -0.39 is 6.10 Å². The van der Waals surface area contributed by atoms with Crippen molar-refractivity contribution in [1.82, 2.24) is 4.57 Å². The van der Waals surface area contributed by atoms with Crippen LogP contribution in [0.4, 0.5) is 5.69 Å². The fraction of sp³-hybridized carbons (Fsp3) is 0.0909. The summed E-state index contributed by atoms with van der Waals surface area (Å²) in [6.45, 7) is 0.864. The van der Waals surface area contributed by atoms with Crippen LogP contribution in [0.3, 0.4) is 0 Å². The average molecular weight is 503 g/mol. The summed E-state index contributed by atoms with van der Waals surface area (Å²) in [5.74, 6) is 0. The summed E-state index contributed by atoms with van der Waals surface area (Å²) < 4.78 is 2.31. The van der Waals surface area contributed by atoms with Gasteiger partial charge in [0.05, 0.1) is 23.9 Å². The highest BCUT2D eigenvalue weighted by molar-refractivity contribution is 6.30. The van der Waals surface area contributed by atoms with Crippen LogP contribution < -0.4 is 5.32 Å². The third-order valence-corrected chi connectivity index (χ3v) is 7.09. The molecule has 5 aromatic carbocycles. The number of aliphatic hydroxyl groups excluding tert-OH is 1. The number of rotatable bonds is 7. The van der Waals surface area contributed by atoms with Gasteiger partial charge in [-0.1, -0.05) is 109 Å². The SMILES string of the molecule is OC(CNc1ccc(Cl)cc1)Cn1c(-c2ccccc2)c(-c2ccccc2)c2ccc3ccccc3c21. The highest BCUT2D eigenvalue weighted by atomic mass is 35.5. The minimum Gasteiger partial charge on any atom is -0.389 e. The number of anilines is 1. The second kappa shape index (κ2) is 10.1. The number of aromatic nitrogens is 1. The molecule has 0 amide bonds. The standard InChI is InChI=1S/C33H27ClN2O/c34-26-16-18-27(19-17-26)35-21-28(37)22-36-32(25-12-5-2-6-13-25)31(24-10-3-1-4-11-24)30-20-15-23-9-7-8-14-29(23)33(30)36/h1-20,28,35,37H,21-22H2. The van der Waals surface area contributed by atoms with Gasteiger partial charge in [0.1, 0.15) is 0 Å². The molecule has 1 unspecified atom stereocenters. The monoisotopic (exact) mass is 502 g/mol. The molecular weight excluding hydrogens is 476 g/mol. The normalized spacial score (nSPS) is 12.2. The Morgan fingerprint density at radius 3 is 2.05 bits per heavy atom. The lowest BCUT2D eigenvalue weighted by Gasteiger charge is -2.18. The van der Waals surface area contributed by atoms with Crippen LogP contribution in [0.15, 0.2) is 121 Å². The Balaban J connectivity index is 1.54. The molecule has 0 spiro atoms. The number of aliphatic hydroxyl groups is 1. The quantitative estimate of drug-likeness (QED) is 0.230. The van der Waals surface area contributed by atoms with Gasteiger partial charge in [-0.3, -0.25) is 0 Å². The molecule has 37 heavy (non-hydrogen) atoms. The largest absolute Gasteiger partial charge is 0.389 e. The number of benzene rings is 5. The van der Waals surface area contributed by atoms with Gasteiger partial charge in [-0.25, -0.2) is 0 Å². The van der Waals surface area contributed by atoms with Crippen LogP contribution in [-0.4, -0.2) is 22.3 Å². The molecule has 6 aromatic rings. The summed E-state index contributed by atoms with van der Waals surface area (Å²) in [5.41, 5.74) is 6.66. The minimum atomic E-state index is -0.615. The molecular formula is C33H27ClN2O. The van der Waals surface area contributed by atoms with Crippen LogP contribution in [0.5, 0.6) is 0 Å². The van der Waals surface area contributed by atoms with Gasteiger partial charge in [0.2, 0.25) is 0 Å². The number of fused-ring (bicyclic) bond motifs is 3. The number of nitrogens with one attached hydrogen (secondary N) is 1. The van der Waals surface area contributed by atoms with Crippen molar-refractivity contribution in [1.29, 1.82) is 0 Å². The van der Waals surface area contributed by atoms with Crippen molar-refractivity contribution >= 4 is 39.0 Å². The summed E-state index contributed by atoms with van der Waals surface area (Å²) in [7, 11) is 0. The van der Waals surface area contributed by atoms with E-state index in [0.717, 1.165) is 28.0 Å². The summed E-state index contributed by atoms with van der Waals surface area (Å²) in [4.78, 5) is 0. The van der Waals surface area contributed by atoms with Crippen molar-refractivity contribution < 1.29 is 5.11 Å². The maximum Gasteiger partial charge on any atom is 0.0891 e. The number of hydrogen-bond acceptors (Lipinski definition) is 2. The van der Waals surface area contributed by atoms with E-state index in [-0.39, 0.29) is 0 Å². The lowest BCUT2D eigenvalue weighted by Crippen LogP contribution is -2.25. The van der Waals surface area contributed by atoms with Crippen LogP contribution in [0, 0.1) is 0 Å². The highest BCUT2D eigenvalue weighted by Crippen LogP contribution is 2.43. The van der Waals surface area contributed by atoms with Gasteiger partial charge in [0.25, 0.3) is 0 Å². The number of halogens is 1. The molecule has 3 nitrogen and oxygen atoms in total. The van der Waals surface area contributed by atoms with E-state index in [0.29, 0.717) is 18.1 Å². The third-order valence-electron chi connectivity index (χ3n) is 6.84. The topological polar surface area (TPSA) is 37.2 Å². The van der Waals surface area contributed by atoms with E-state index in [1.54, 1.807) is 0 Å². The smallest absolute Gasteiger partial charge is 0.0891 e. The predicted octanol–water partition coefficient (Wildman–Crippen LogP) is 8.25. The zero-order chi connectivity index (χ0) is 25.2. The summed E-state index contributed by atoms with van der Waals surface area (Å²) in [5, 5.41) is 18.9. The second-order valence-corrected chi connectivity index (χ2v) is 9.73. The van der Waals surface area contributed by atoms with E-state index in [9.17, 15) is 5.11 Å². The summed E-state index contributed by atoms with van der Waals surface area (Å²) >= 11 is 6.03. The Bertz CT molecular complexity index is 1660. The van der Waals surface area contributed by atoms with Crippen molar-refractivity contribution in [3.8, 4) is 22.4 Å². The zero-order valence-corrected chi connectivity index (χ0v) is 21.1. The molecule has 0 bridgehead atoms. The summed E-state index contributed by atoms with van der Waals surface area (Å²) in [6, 6.07) is 41.5. The first-order valence-corrected chi connectivity index (χ1v) is 12.9. The molecule has 182 valence electrons. The molecule has 0 aliphatic heterocycles. The highest BCUT2D eigenvalue weighted by Gasteiger charge is 2.23. The minimum absolute atomic E-state index is 0.418. The van der Waals surface area contributed by atoms with E-state index in [2.05, 4.69) is 94.8 Å². The van der Waals surface area contributed by atoms with E-state index in [1.807, 2.05) is 36.4 Å². The lowest BCUT2D eigenvalue weighted by molar-refractivity contribution is 0.169. The van der Waals surface area contributed by atoms with Crippen molar-refractivity contribution in [2.45, 2.75) is 12.6 Å². The van der Waals surface area contributed by atoms with Crippen molar-refractivity contribution in [2.75, 3.05) is 11.9 Å². The molecule has 1 aromatic heterocycles. The molecule has 0 saturated carbocycles. The number of nitrogens with zero attached hydrogens (tertiary/aromatic N) is 1. The molecule has 4 heteroatoms. The first kappa shape index (κ1) is 23.4. The molecule has 0 aliphatic rings. The summed E-state index contributed by atoms with van der Waals surface area (Å²) in [6.07, 6.45) is -0.615. The van der Waals surface area contributed by atoms with E-state index in [4.69, 9.17) is 11.6 Å². The van der Waals surface area contributed by atoms with Crippen LogP contribution in [0.2, 0.25) is 5.02 Å². The Labute approximate surface area is 221 Å². The maximum atomic E-state index is 11.3. The van der Waals surface area contributed by atoms with E-state index >= 15 is 0 Å². The fourth-order valence-corrected chi connectivity index (χ4v) is 5.30. The third kappa shape index (κ3) is 4.60. The van der Waals surface area contributed by atoms with Crippen molar-refractivity contribution in [3.05, 3.63) is 126 Å². The maximum absolute atomic E-state index is 11.3. The van der Waals surface area contributed by atoms with Gasteiger partial charge in [-0.2, -0.15) is 0 Å². The molecule has 0 radical (unpaired) electrons. The molecule has 2 N–H and O–H groups in total. The van der Waals surface area contributed by atoms with Crippen LogP contribution in [0.1, 0.15) is 0 Å². The van der Waals surface area contributed by atoms with Crippen LogP contribution in [0.25, 0.3) is 44.1 Å². The van der Waals surface area contributed by atoms with Gasteiger partial charge in [0.15, 0.2) is 0 Å². The Morgan fingerprint density at radius 1 is 0.676 bits per heavy atom. The first-order valence-electron chi connectivity index (χ1n) is 12.5. The second-order valence-electron chi connectivity index (χ2n) is 9.29. The molecule has 1 atom stereocenters. The average Bonchev–Trinajstić information content (AvgIpc) is 3.28. The molecule has 0 fully saturated rings. The van der Waals surface area contributed by atoms with Gasteiger partial charge >= 0.3 is 0 Å². The van der Waals surface area contributed by atoms with Crippen molar-refractivity contribution in [3.63, 3.8) is 0 Å². The zero-order valence-electron chi connectivity index (χ0n) is 20.3. The van der Waals surface area contributed by atoms with Gasteiger partial charge in [0, 0.05) is 33.6 Å². The number of hydrogen-bond donors (Lipinski definition) is 2. The molecule has 1 heterocycles. The molecule has 0 saturated heterocycles. The van der Waals surface area contributed by atoms with Crippen LogP contribution >= 0.6 is 11.6 Å². The first-order chi connectivity index (χ1) is 18.2. The van der Waals surface area contributed by atoms with Gasteiger partial charge in [-0.15, -0.1) is 0 Å². The lowest BCUT2D eigenvalue weighted by atomic mass is 9.97. The molecule has 0 aliphatic carbocycles. The van der Waals surface area contributed by atoms with Crippen LogP contribution in [-0.2, 0) is 6.54 Å². The Hall–Kier alpha value is -4.05. The van der Waals surface area contributed by atoms with Gasteiger partial charge < -0.3 is 15.0 Å². The fourth-order valence-electron chi connectivity index (χ4n) is 5.18.